The fraction of sp³-hybridized carbons (Fsp3) is 0.357. The minimum absolute atomic E-state index is 0.0659. The lowest BCUT2D eigenvalue weighted by Crippen LogP contribution is -2.28. The molecule has 7 heteroatoms. The summed E-state index contributed by atoms with van der Waals surface area (Å²) in [7, 11) is -3.37. The minimum Gasteiger partial charge on any atom is -0.313 e. The van der Waals surface area contributed by atoms with Gasteiger partial charge in [0, 0.05) is 28.6 Å². The van der Waals surface area contributed by atoms with Gasteiger partial charge in [-0.25, -0.2) is 8.42 Å². The van der Waals surface area contributed by atoms with Crippen molar-refractivity contribution in [1.82, 2.24) is 10.3 Å². The number of aromatic nitrogens is 1. The Kier molecular flexibility index (Phi) is 4.14. The number of fused-ring (bicyclic) bond motifs is 1. The number of hydrogen-bond donors (Lipinski definition) is 2. The molecule has 1 saturated carbocycles. The number of para-hydroxylation sites is 1. The van der Waals surface area contributed by atoms with Crippen molar-refractivity contribution in [3.63, 3.8) is 0 Å². The quantitative estimate of drug-likeness (QED) is 0.820. The van der Waals surface area contributed by atoms with Crippen LogP contribution in [-0.2, 0) is 10.0 Å². The molecule has 3 rings (SSSR count). The number of sulfonamides is 1. The topological polar surface area (TPSA) is 71.1 Å². The number of pyridine rings is 1. The summed E-state index contributed by atoms with van der Waals surface area (Å²) >= 11 is 3.36. The fourth-order valence-corrected chi connectivity index (χ4v) is 3.46. The number of halogens is 1. The zero-order valence-electron chi connectivity index (χ0n) is 11.3. The third kappa shape index (κ3) is 3.93. The summed E-state index contributed by atoms with van der Waals surface area (Å²) in [5, 5.41) is 4.09. The van der Waals surface area contributed by atoms with Gasteiger partial charge in [-0.2, -0.15) is 0 Å². The Morgan fingerprint density at radius 3 is 2.90 bits per heavy atom. The third-order valence-corrected chi connectivity index (χ3v) is 5.03. The van der Waals surface area contributed by atoms with Crippen LogP contribution in [-0.4, -0.2) is 31.7 Å². The van der Waals surface area contributed by atoms with Gasteiger partial charge in [-0.3, -0.25) is 9.71 Å². The van der Waals surface area contributed by atoms with Gasteiger partial charge >= 0.3 is 0 Å². The summed E-state index contributed by atoms with van der Waals surface area (Å²) in [5.74, 6) is 0.0659. The number of benzene rings is 1. The molecule has 0 amide bonds. The van der Waals surface area contributed by atoms with E-state index < -0.39 is 10.0 Å². The number of hydrogen-bond acceptors (Lipinski definition) is 4. The van der Waals surface area contributed by atoms with Crippen LogP contribution in [0.1, 0.15) is 12.8 Å². The lowest BCUT2D eigenvalue weighted by atomic mass is 10.2. The molecule has 2 N–H and O–H groups in total. The maximum atomic E-state index is 12.1. The molecule has 1 aromatic carbocycles. The highest BCUT2D eigenvalue weighted by Gasteiger charge is 2.21. The molecule has 1 aromatic heterocycles. The van der Waals surface area contributed by atoms with Gasteiger partial charge in [0.2, 0.25) is 10.0 Å². The van der Waals surface area contributed by atoms with E-state index in [9.17, 15) is 8.42 Å². The summed E-state index contributed by atoms with van der Waals surface area (Å²) in [6, 6.07) is 7.87. The second-order valence-corrected chi connectivity index (χ2v) is 7.94. The first-order valence-electron chi connectivity index (χ1n) is 6.82. The minimum atomic E-state index is -3.37. The maximum absolute atomic E-state index is 12.1. The van der Waals surface area contributed by atoms with Crippen LogP contribution >= 0.6 is 15.9 Å². The molecule has 0 radical (unpaired) electrons. The average molecular weight is 370 g/mol. The van der Waals surface area contributed by atoms with Crippen molar-refractivity contribution in [2.45, 2.75) is 18.9 Å². The molecule has 1 aliphatic carbocycles. The number of nitrogens with one attached hydrogen (secondary N) is 2. The molecule has 2 aromatic rings. The van der Waals surface area contributed by atoms with Gasteiger partial charge in [0.15, 0.2) is 0 Å². The number of nitrogens with zero attached hydrogens (tertiary/aromatic N) is 1. The lowest BCUT2D eigenvalue weighted by molar-refractivity contribution is 0.595. The Morgan fingerprint density at radius 1 is 1.33 bits per heavy atom. The number of rotatable bonds is 6. The van der Waals surface area contributed by atoms with Crippen molar-refractivity contribution in [2.24, 2.45) is 0 Å². The molecule has 0 bridgehead atoms. The van der Waals surface area contributed by atoms with Gasteiger partial charge in [0.05, 0.1) is 17.0 Å². The molecule has 0 unspecified atom stereocenters. The molecule has 0 atom stereocenters. The van der Waals surface area contributed by atoms with E-state index in [1.807, 2.05) is 18.2 Å². The highest BCUT2D eigenvalue weighted by atomic mass is 79.9. The van der Waals surface area contributed by atoms with E-state index in [1.165, 1.54) is 0 Å². The molecule has 0 saturated heterocycles. The van der Waals surface area contributed by atoms with Crippen LogP contribution in [0.15, 0.2) is 34.9 Å². The largest absolute Gasteiger partial charge is 0.313 e. The maximum Gasteiger partial charge on any atom is 0.234 e. The second-order valence-electron chi connectivity index (χ2n) is 5.18. The van der Waals surface area contributed by atoms with E-state index in [4.69, 9.17) is 0 Å². The van der Waals surface area contributed by atoms with Crippen molar-refractivity contribution in [1.29, 1.82) is 0 Å². The van der Waals surface area contributed by atoms with Crippen molar-refractivity contribution in [3.8, 4) is 0 Å². The second kappa shape index (κ2) is 5.90. The molecule has 1 aliphatic rings. The van der Waals surface area contributed by atoms with E-state index in [0.717, 1.165) is 22.7 Å². The summed E-state index contributed by atoms with van der Waals surface area (Å²) in [6.07, 6.45) is 3.96. The van der Waals surface area contributed by atoms with Crippen molar-refractivity contribution >= 4 is 42.5 Å². The van der Waals surface area contributed by atoms with Gasteiger partial charge < -0.3 is 5.32 Å². The van der Waals surface area contributed by atoms with Crippen LogP contribution in [0, 0.1) is 0 Å². The Hall–Kier alpha value is -1.18. The van der Waals surface area contributed by atoms with Gasteiger partial charge in [-0.05, 0) is 40.9 Å². The summed E-state index contributed by atoms with van der Waals surface area (Å²) in [4.78, 5) is 4.29. The SMILES string of the molecule is O=S(=O)(CCNC1CC1)Nc1cccc2cc(Br)cnc12. The van der Waals surface area contributed by atoms with E-state index in [0.29, 0.717) is 23.8 Å². The van der Waals surface area contributed by atoms with Crippen LogP contribution in [0.4, 0.5) is 5.69 Å². The first-order valence-corrected chi connectivity index (χ1v) is 9.26. The monoisotopic (exact) mass is 369 g/mol. The zero-order valence-corrected chi connectivity index (χ0v) is 13.7. The van der Waals surface area contributed by atoms with Crippen LogP contribution in [0.3, 0.4) is 0 Å². The highest BCUT2D eigenvalue weighted by molar-refractivity contribution is 9.10. The normalized spacial score (nSPS) is 15.3. The van der Waals surface area contributed by atoms with E-state index in [-0.39, 0.29) is 5.75 Å². The molecular weight excluding hydrogens is 354 g/mol. The van der Waals surface area contributed by atoms with Crippen molar-refractivity contribution in [2.75, 3.05) is 17.0 Å². The summed E-state index contributed by atoms with van der Waals surface area (Å²) in [5.41, 5.74) is 1.17. The Labute approximate surface area is 132 Å². The molecule has 0 spiro atoms. The number of anilines is 1. The third-order valence-electron chi connectivity index (χ3n) is 3.32. The van der Waals surface area contributed by atoms with Gasteiger partial charge in [0.1, 0.15) is 0 Å². The molecule has 112 valence electrons. The van der Waals surface area contributed by atoms with E-state index >= 15 is 0 Å². The predicted molar refractivity (Wildman–Crippen MR) is 87.9 cm³/mol. The molecule has 1 heterocycles. The van der Waals surface area contributed by atoms with Crippen molar-refractivity contribution in [3.05, 3.63) is 34.9 Å². The van der Waals surface area contributed by atoms with Crippen molar-refractivity contribution < 1.29 is 8.42 Å². The fourth-order valence-electron chi connectivity index (χ4n) is 2.12. The Balaban J connectivity index is 1.76. The van der Waals surface area contributed by atoms with E-state index in [2.05, 4.69) is 31.0 Å². The molecule has 21 heavy (non-hydrogen) atoms. The predicted octanol–water partition coefficient (Wildman–Crippen LogP) is 2.49. The first-order chi connectivity index (χ1) is 10.0. The summed E-state index contributed by atoms with van der Waals surface area (Å²) < 4.78 is 27.7. The Morgan fingerprint density at radius 2 is 2.14 bits per heavy atom. The van der Waals surface area contributed by atoms with Crippen LogP contribution < -0.4 is 10.0 Å². The smallest absolute Gasteiger partial charge is 0.234 e. The van der Waals surface area contributed by atoms with Gasteiger partial charge in [-0.1, -0.05) is 12.1 Å². The van der Waals surface area contributed by atoms with Crippen LogP contribution in [0.5, 0.6) is 0 Å². The molecule has 0 aliphatic heterocycles. The average Bonchev–Trinajstić information content (AvgIpc) is 3.22. The molecule has 1 fully saturated rings. The summed E-state index contributed by atoms with van der Waals surface area (Å²) in [6.45, 7) is 0.476. The van der Waals surface area contributed by atoms with Gasteiger partial charge in [-0.15, -0.1) is 0 Å². The highest BCUT2D eigenvalue weighted by Crippen LogP contribution is 2.24. The lowest BCUT2D eigenvalue weighted by Gasteiger charge is -2.10. The van der Waals surface area contributed by atoms with E-state index in [1.54, 1.807) is 12.3 Å². The van der Waals surface area contributed by atoms with Crippen LogP contribution in [0.2, 0.25) is 0 Å². The zero-order chi connectivity index (χ0) is 14.9. The standard InChI is InChI=1S/C14H16BrN3O2S/c15-11-8-10-2-1-3-13(14(10)17-9-11)18-21(19,20)7-6-16-12-4-5-12/h1-3,8-9,12,16,18H,4-7H2. The first kappa shape index (κ1) is 14.7. The molecular formula is C14H16BrN3O2S. The molecule has 5 nitrogen and oxygen atoms in total. The van der Waals surface area contributed by atoms with Crippen LogP contribution in [0.25, 0.3) is 10.9 Å². The van der Waals surface area contributed by atoms with Gasteiger partial charge in [0.25, 0.3) is 0 Å². The Bertz CT molecular complexity index is 760.